The lowest BCUT2D eigenvalue weighted by molar-refractivity contribution is -0.0781. The molecule has 2 bridgehead atoms. The number of nitrogens with one attached hydrogen (secondary N) is 1. The van der Waals surface area contributed by atoms with Crippen LogP contribution >= 0.6 is 0 Å². The average molecular weight is 685 g/mol. The number of carbonyl (C=O) groups excluding carboxylic acids is 2. The first-order chi connectivity index (χ1) is 24.6. The Labute approximate surface area is 303 Å². The highest BCUT2D eigenvalue weighted by atomic mass is 16.3. The lowest BCUT2D eigenvalue weighted by atomic mass is 9.64. The van der Waals surface area contributed by atoms with Gasteiger partial charge in [-0.1, -0.05) is 122 Å². The van der Waals surface area contributed by atoms with Gasteiger partial charge in [-0.3, -0.25) is 4.79 Å². The molecule has 3 aliphatic rings. The van der Waals surface area contributed by atoms with E-state index in [1.165, 1.54) is 5.57 Å². The van der Waals surface area contributed by atoms with Gasteiger partial charge in [-0.05, 0) is 93.0 Å². The number of hydrogen-bond donors (Lipinski definition) is 3. The molecule has 3 N–H and O–H groups in total. The lowest BCUT2D eigenvalue weighted by Crippen LogP contribution is -2.55. The molecule has 1 fully saturated rings. The van der Waals surface area contributed by atoms with Gasteiger partial charge in [-0.2, -0.15) is 0 Å². The van der Waals surface area contributed by atoms with Gasteiger partial charge in [0.2, 0.25) is 0 Å². The maximum absolute atomic E-state index is 14.3. The summed E-state index contributed by atoms with van der Waals surface area (Å²) in [5, 5.41) is 27.2. The van der Waals surface area contributed by atoms with Crippen LogP contribution in [0.15, 0.2) is 121 Å². The fourth-order valence-corrected chi connectivity index (χ4v) is 8.36. The van der Waals surface area contributed by atoms with Crippen molar-refractivity contribution >= 4 is 11.8 Å². The summed E-state index contributed by atoms with van der Waals surface area (Å²) in [4.78, 5) is 30.2. The number of carbonyl (C=O) groups is 2. The molecule has 0 aliphatic heterocycles. The van der Waals surface area contributed by atoms with Crippen LogP contribution in [0.5, 0.6) is 0 Å². The third kappa shape index (κ3) is 8.19. The van der Waals surface area contributed by atoms with Crippen LogP contribution in [0.3, 0.4) is 0 Å². The van der Waals surface area contributed by atoms with Crippen molar-refractivity contribution in [2.24, 2.45) is 5.41 Å². The summed E-state index contributed by atoms with van der Waals surface area (Å²) in [7, 11) is 0. The molecule has 6 nitrogen and oxygen atoms in total. The highest BCUT2D eigenvalue weighted by Gasteiger charge is 2.57. The SMILES string of the molecule is CC1=CCC[C@@]2(C)[C@@H](CC[C@@]2(O)CN(Cc2ccccc2)C(=O)N[C@H](C)c2ccccc2)c2ccc(cc2C(=O)c2ccccc2)C[C@@H](O)CC1. The molecule has 4 aromatic carbocycles. The zero-order valence-corrected chi connectivity index (χ0v) is 30.2. The summed E-state index contributed by atoms with van der Waals surface area (Å²) in [6.45, 7) is 6.76. The van der Waals surface area contributed by atoms with Gasteiger partial charge >= 0.3 is 6.03 Å². The van der Waals surface area contributed by atoms with E-state index in [1.807, 2.05) is 110 Å². The number of amides is 2. The molecule has 3 aliphatic carbocycles. The quantitative estimate of drug-likeness (QED) is 0.128. The summed E-state index contributed by atoms with van der Waals surface area (Å²) in [6.07, 6.45) is 6.22. The number of aliphatic hydroxyl groups excluding tert-OH is 1. The number of fused-ring (bicyclic) bond motifs is 8. The Balaban J connectivity index is 1.40. The fourth-order valence-electron chi connectivity index (χ4n) is 8.36. The molecule has 0 radical (unpaired) electrons. The van der Waals surface area contributed by atoms with Crippen molar-refractivity contribution in [1.29, 1.82) is 0 Å². The smallest absolute Gasteiger partial charge is 0.318 e. The Morgan fingerprint density at radius 1 is 0.902 bits per heavy atom. The number of ketones is 1. The van der Waals surface area contributed by atoms with E-state index >= 15 is 0 Å². The molecule has 5 atom stereocenters. The highest BCUT2D eigenvalue weighted by molar-refractivity contribution is 6.10. The number of urea groups is 1. The fraction of sp³-hybridized carbons (Fsp3) is 0.378. The monoisotopic (exact) mass is 684 g/mol. The van der Waals surface area contributed by atoms with Crippen LogP contribution in [0.25, 0.3) is 0 Å². The number of rotatable bonds is 8. The number of nitrogens with zero attached hydrogens (tertiary/aromatic N) is 1. The van der Waals surface area contributed by atoms with Gasteiger partial charge < -0.3 is 20.4 Å². The highest BCUT2D eigenvalue weighted by Crippen LogP contribution is 2.59. The summed E-state index contributed by atoms with van der Waals surface area (Å²) in [5.74, 6) is -0.187. The third-order valence-corrected chi connectivity index (χ3v) is 11.5. The molecule has 4 aromatic rings. The van der Waals surface area contributed by atoms with E-state index in [9.17, 15) is 19.8 Å². The molecular formula is C45H52N2O4. The number of aliphatic hydroxyl groups is 2. The lowest BCUT2D eigenvalue weighted by Gasteiger charge is -2.46. The Bertz CT molecular complexity index is 1830. The van der Waals surface area contributed by atoms with Crippen molar-refractivity contribution in [3.8, 4) is 0 Å². The minimum absolute atomic E-state index is 0.0532. The summed E-state index contributed by atoms with van der Waals surface area (Å²) in [5.41, 5.74) is 4.42. The van der Waals surface area contributed by atoms with Gasteiger partial charge in [0, 0.05) is 23.1 Å². The van der Waals surface area contributed by atoms with Gasteiger partial charge in [0.1, 0.15) is 0 Å². The van der Waals surface area contributed by atoms with E-state index in [0.29, 0.717) is 49.8 Å². The topological polar surface area (TPSA) is 89.9 Å². The molecule has 51 heavy (non-hydrogen) atoms. The number of allylic oxidation sites excluding steroid dienone is 2. The molecule has 266 valence electrons. The predicted octanol–water partition coefficient (Wildman–Crippen LogP) is 8.93. The van der Waals surface area contributed by atoms with Gasteiger partial charge in [0.15, 0.2) is 5.78 Å². The Hall–Kier alpha value is -4.52. The summed E-state index contributed by atoms with van der Waals surface area (Å²) in [6, 6.07) is 34.9. The van der Waals surface area contributed by atoms with Crippen molar-refractivity contribution in [1.82, 2.24) is 10.2 Å². The van der Waals surface area contributed by atoms with Crippen molar-refractivity contribution in [3.05, 3.63) is 154 Å². The van der Waals surface area contributed by atoms with Crippen LogP contribution < -0.4 is 5.32 Å². The maximum atomic E-state index is 14.3. The first-order valence-electron chi connectivity index (χ1n) is 18.5. The van der Waals surface area contributed by atoms with Crippen LogP contribution in [0.4, 0.5) is 4.79 Å². The minimum Gasteiger partial charge on any atom is -0.393 e. The molecule has 1 saturated carbocycles. The van der Waals surface area contributed by atoms with Crippen LogP contribution in [-0.2, 0) is 13.0 Å². The third-order valence-electron chi connectivity index (χ3n) is 11.5. The first-order valence-corrected chi connectivity index (χ1v) is 18.5. The van der Waals surface area contributed by atoms with Crippen molar-refractivity contribution in [3.63, 3.8) is 0 Å². The molecule has 7 rings (SSSR count). The molecule has 0 aromatic heterocycles. The van der Waals surface area contributed by atoms with E-state index in [1.54, 1.807) is 4.90 Å². The second-order valence-corrected chi connectivity index (χ2v) is 15.1. The minimum atomic E-state index is -1.24. The van der Waals surface area contributed by atoms with E-state index in [2.05, 4.69) is 31.3 Å². The molecule has 6 heteroatoms. The van der Waals surface area contributed by atoms with E-state index in [4.69, 9.17) is 0 Å². The van der Waals surface area contributed by atoms with Crippen molar-refractivity contribution in [2.45, 2.75) is 95.9 Å². The van der Waals surface area contributed by atoms with E-state index in [-0.39, 0.29) is 30.3 Å². The molecule has 0 unspecified atom stereocenters. The predicted molar refractivity (Wildman–Crippen MR) is 204 cm³/mol. The summed E-state index contributed by atoms with van der Waals surface area (Å²) < 4.78 is 0. The van der Waals surface area contributed by atoms with E-state index < -0.39 is 17.1 Å². The first kappa shape index (κ1) is 36.3. The maximum Gasteiger partial charge on any atom is 0.318 e. The summed E-state index contributed by atoms with van der Waals surface area (Å²) >= 11 is 0. The normalized spacial score (nSPS) is 24.1. The Kier molecular flexibility index (Phi) is 11.2. The van der Waals surface area contributed by atoms with Crippen LogP contribution in [0, 0.1) is 5.41 Å². The molecule has 2 amide bonds. The zero-order chi connectivity index (χ0) is 36.0. The zero-order valence-electron chi connectivity index (χ0n) is 30.2. The Morgan fingerprint density at radius 2 is 1.57 bits per heavy atom. The van der Waals surface area contributed by atoms with Crippen LogP contribution in [0.2, 0.25) is 0 Å². The number of benzene rings is 4. The second kappa shape index (κ2) is 15.8. The largest absolute Gasteiger partial charge is 0.393 e. The number of hydrogen-bond acceptors (Lipinski definition) is 4. The Morgan fingerprint density at radius 3 is 2.27 bits per heavy atom. The molecular weight excluding hydrogens is 633 g/mol. The van der Waals surface area contributed by atoms with E-state index in [0.717, 1.165) is 35.1 Å². The molecule has 0 saturated heterocycles. The van der Waals surface area contributed by atoms with Gasteiger partial charge in [-0.15, -0.1) is 0 Å². The van der Waals surface area contributed by atoms with Crippen LogP contribution in [0.1, 0.15) is 109 Å². The molecule has 0 spiro atoms. The van der Waals surface area contributed by atoms with Crippen LogP contribution in [-0.4, -0.2) is 45.2 Å². The van der Waals surface area contributed by atoms with Gasteiger partial charge in [0.05, 0.1) is 24.3 Å². The van der Waals surface area contributed by atoms with Gasteiger partial charge in [-0.25, -0.2) is 4.79 Å². The van der Waals surface area contributed by atoms with Crippen molar-refractivity contribution < 1.29 is 19.8 Å². The standard InChI is InChI=1S/C45H52N2O4/c1-32-14-13-26-44(3)41(39-24-22-35(28-38(48)23-21-32)29-40(39)42(49)37-19-11-6-12-20-37)25-27-45(44,51)31-47(30-34-15-7-4-8-16-34)43(50)46-33(2)36-17-9-5-10-18-36/h4-12,14-20,22,24,29,33,38,41,48,51H,13,21,23,25-28,30-31H2,1-3H3,(H,46,50)/t33-,38+,41+,44+,45-/m1/s1. The van der Waals surface area contributed by atoms with Crippen molar-refractivity contribution in [2.75, 3.05) is 6.54 Å². The molecule has 0 heterocycles. The van der Waals surface area contributed by atoms with Gasteiger partial charge in [0.25, 0.3) is 0 Å². The average Bonchev–Trinajstić information content (AvgIpc) is 3.39. The second-order valence-electron chi connectivity index (χ2n) is 15.1.